The average Bonchev–Trinajstić information content (AvgIpc) is 2.61. The van der Waals surface area contributed by atoms with Crippen LogP contribution in [0, 0.1) is 0 Å². The number of pyridine rings is 1. The summed E-state index contributed by atoms with van der Waals surface area (Å²) < 4.78 is 5.41. The maximum absolute atomic E-state index is 13.0. The van der Waals surface area contributed by atoms with Crippen molar-refractivity contribution in [2.45, 2.75) is 23.8 Å². The topological polar surface area (TPSA) is 62.4 Å². The van der Waals surface area contributed by atoms with E-state index in [1.54, 1.807) is 34.8 Å². The molecule has 1 fully saturated rings. The van der Waals surface area contributed by atoms with Gasteiger partial charge in [0.05, 0.1) is 11.6 Å². The summed E-state index contributed by atoms with van der Waals surface area (Å²) in [4.78, 5) is 30.4. The predicted molar refractivity (Wildman–Crippen MR) is 99.9 cm³/mol. The van der Waals surface area contributed by atoms with Crippen LogP contribution >= 0.6 is 21.6 Å². The lowest BCUT2D eigenvalue weighted by Crippen LogP contribution is -2.43. The first-order chi connectivity index (χ1) is 11.6. The maximum Gasteiger partial charge on any atom is 0.254 e. The fourth-order valence-electron chi connectivity index (χ4n) is 3.06. The predicted octanol–water partition coefficient (Wildman–Crippen LogP) is 3.15. The minimum absolute atomic E-state index is 0.00509. The molecule has 2 heterocycles. The van der Waals surface area contributed by atoms with Crippen LogP contribution in [0.25, 0.3) is 10.9 Å². The Hall–Kier alpha value is -1.44. The summed E-state index contributed by atoms with van der Waals surface area (Å²) in [5, 5.41) is 0.790. The minimum Gasteiger partial charge on any atom is -0.380 e. The highest BCUT2D eigenvalue weighted by Crippen LogP contribution is 2.34. The van der Waals surface area contributed by atoms with Gasteiger partial charge in [0.1, 0.15) is 0 Å². The largest absolute Gasteiger partial charge is 0.380 e. The molecule has 128 valence electrons. The van der Waals surface area contributed by atoms with Crippen molar-refractivity contribution in [2.24, 2.45) is 0 Å². The standard InChI is InChI=1S/C17H20N2O3S2/c1-22-11-4-3-9-19(10-11)17(21)13-5-7-14(24-23-2)16-12(13)6-8-15(20)18-16/h5-8,11H,3-4,9-10H2,1-2H3,(H,18,20). The van der Waals surface area contributed by atoms with Gasteiger partial charge < -0.3 is 14.6 Å². The van der Waals surface area contributed by atoms with Crippen LogP contribution in [0.1, 0.15) is 23.2 Å². The Labute approximate surface area is 148 Å². The molecule has 0 bridgehead atoms. The van der Waals surface area contributed by atoms with E-state index in [0.717, 1.165) is 35.2 Å². The number of fused-ring (bicyclic) bond motifs is 1. The molecule has 1 aromatic heterocycles. The molecule has 5 nitrogen and oxygen atoms in total. The summed E-state index contributed by atoms with van der Waals surface area (Å²) in [7, 11) is 4.87. The molecule has 0 radical (unpaired) electrons. The number of hydrogen-bond acceptors (Lipinski definition) is 5. The molecule has 24 heavy (non-hydrogen) atoms. The van der Waals surface area contributed by atoms with Crippen LogP contribution in [-0.2, 0) is 4.74 Å². The molecule has 1 N–H and O–H groups in total. The molecule has 3 rings (SSSR count). The Kier molecular flexibility index (Phi) is 5.53. The number of ether oxygens (including phenoxy) is 1. The molecule has 1 atom stereocenters. The van der Waals surface area contributed by atoms with E-state index in [0.29, 0.717) is 12.1 Å². The summed E-state index contributed by atoms with van der Waals surface area (Å²) in [5.74, 6) is -0.00509. The lowest BCUT2D eigenvalue weighted by atomic mass is 10.0. The SMILES string of the molecule is COC1CCCN(C(=O)c2ccc(SSC)c3[nH]c(=O)ccc23)C1. The zero-order chi connectivity index (χ0) is 17.1. The van der Waals surface area contributed by atoms with E-state index in [-0.39, 0.29) is 17.6 Å². The maximum atomic E-state index is 13.0. The second-order valence-electron chi connectivity index (χ2n) is 5.72. The van der Waals surface area contributed by atoms with E-state index in [1.807, 2.05) is 23.3 Å². The number of carbonyl (C=O) groups excluding carboxylic acids is 1. The molecule has 2 aromatic rings. The van der Waals surface area contributed by atoms with Crippen molar-refractivity contribution in [2.75, 3.05) is 26.5 Å². The number of H-pyrrole nitrogens is 1. The van der Waals surface area contributed by atoms with Crippen LogP contribution in [0.3, 0.4) is 0 Å². The number of aromatic amines is 1. The number of rotatable bonds is 4. The Morgan fingerprint density at radius 1 is 1.33 bits per heavy atom. The summed E-state index contributed by atoms with van der Waals surface area (Å²) in [5.41, 5.74) is 1.20. The fourth-order valence-corrected chi connectivity index (χ4v) is 4.56. The number of piperidine rings is 1. The van der Waals surface area contributed by atoms with Crippen LogP contribution < -0.4 is 5.56 Å². The molecule has 1 aliphatic heterocycles. The summed E-state index contributed by atoms with van der Waals surface area (Å²) in [6.45, 7) is 1.35. The number of likely N-dealkylation sites (tertiary alicyclic amines) is 1. The van der Waals surface area contributed by atoms with E-state index in [2.05, 4.69) is 4.98 Å². The van der Waals surface area contributed by atoms with Crippen molar-refractivity contribution in [1.29, 1.82) is 0 Å². The first-order valence-electron chi connectivity index (χ1n) is 7.83. The van der Waals surface area contributed by atoms with Gasteiger partial charge in [0.25, 0.3) is 5.91 Å². The van der Waals surface area contributed by atoms with Crippen LogP contribution in [0.4, 0.5) is 0 Å². The molecule has 7 heteroatoms. The highest BCUT2D eigenvalue weighted by molar-refractivity contribution is 8.76. The van der Waals surface area contributed by atoms with Crippen LogP contribution in [0.2, 0.25) is 0 Å². The Bertz CT molecular complexity index is 806. The van der Waals surface area contributed by atoms with Crippen molar-refractivity contribution in [1.82, 2.24) is 9.88 Å². The zero-order valence-electron chi connectivity index (χ0n) is 13.7. The average molecular weight is 364 g/mol. The molecule has 1 aromatic carbocycles. The minimum atomic E-state index is -0.160. The monoisotopic (exact) mass is 364 g/mol. The number of methoxy groups -OCH3 is 1. The molecule has 0 spiro atoms. The Morgan fingerprint density at radius 2 is 2.17 bits per heavy atom. The Balaban J connectivity index is 2.01. The third kappa shape index (κ3) is 3.48. The smallest absolute Gasteiger partial charge is 0.254 e. The second-order valence-corrected chi connectivity index (χ2v) is 8.16. The lowest BCUT2D eigenvalue weighted by Gasteiger charge is -2.32. The van der Waals surface area contributed by atoms with Crippen LogP contribution in [0.5, 0.6) is 0 Å². The third-order valence-corrected chi connectivity index (χ3v) is 5.98. The summed E-state index contributed by atoms with van der Waals surface area (Å²) in [6, 6.07) is 6.98. The molecule has 1 saturated heterocycles. The van der Waals surface area contributed by atoms with Gasteiger partial charge >= 0.3 is 0 Å². The van der Waals surface area contributed by atoms with Gasteiger partial charge in [-0.25, -0.2) is 0 Å². The normalized spacial score (nSPS) is 18.1. The van der Waals surface area contributed by atoms with E-state index < -0.39 is 0 Å². The first-order valence-corrected chi connectivity index (χ1v) is 10.4. The molecule has 0 aliphatic carbocycles. The zero-order valence-corrected chi connectivity index (χ0v) is 15.3. The van der Waals surface area contributed by atoms with Crippen molar-refractivity contribution < 1.29 is 9.53 Å². The highest BCUT2D eigenvalue weighted by atomic mass is 33.1. The van der Waals surface area contributed by atoms with Crippen molar-refractivity contribution in [3.8, 4) is 0 Å². The van der Waals surface area contributed by atoms with Gasteiger partial charge in [0.15, 0.2) is 0 Å². The van der Waals surface area contributed by atoms with Crippen LogP contribution in [-0.4, -0.2) is 48.4 Å². The molecule has 1 amide bonds. The van der Waals surface area contributed by atoms with Gasteiger partial charge in [-0.2, -0.15) is 0 Å². The number of nitrogens with one attached hydrogen (secondary N) is 1. The van der Waals surface area contributed by atoms with Gasteiger partial charge in [-0.1, -0.05) is 21.6 Å². The van der Waals surface area contributed by atoms with Gasteiger partial charge in [0, 0.05) is 42.1 Å². The van der Waals surface area contributed by atoms with E-state index in [9.17, 15) is 9.59 Å². The van der Waals surface area contributed by atoms with Gasteiger partial charge in [-0.15, -0.1) is 0 Å². The second kappa shape index (κ2) is 7.63. The first kappa shape index (κ1) is 17.4. The molecular formula is C17H20N2O3S2. The molecular weight excluding hydrogens is 344 g/mol. The van der Waals surface area contributed by atoms with Gasteiger partial charge in [-0.3, -0.25) is 9.59 Å². The summed E-state index contributed by atoms with van der Waals surface area (Å²) in [6.07, 6.45) is 4.01. The van der Waals surface area contributed by atoms with Crippen molar-refractivity contribution in [3.63, 3.8) is 0 Å². The number of aromatic nitrogens is 1. The fraction of sp³-hybridized carbons (Fsp3) is 0.412. The molecule has 1 aliphatic rings. The quantitative estimate of drug-likeness (QED) is 0.845. The number of hydrogen-bond donors (Lipinski definition) is 1. The van der Waals surface area contributed by atoms with Crippen molar-refractivity contribution in [3.05, 3.63) is 40.2 Å². The van der Waals surface area contributed by atoms with Crippen LogP contribution in [0.15, 0.2) is 34.0 Å². The van der Waals surface area contributed by atoms with Crippen molar-refractivity contribution >= 4 is 38.4 Å². The Morgan fingerprint density at radius 3 is 2.92 bits per heavy atom. The number of nitrogens with zero attached hydrogens (tertiary/aromatic N) is 1. The molecule has 0 saturated carbocycles. The highest BCUT2D eigenvalue weighted by Gasteiger charge is 2.25. The van der Waals surface area contributed by atoms with Gasteiger partial charge in [0.2, 0.25) is 5.56 Å². The molecule has 1 unspecified atom stereocenters. The van der Waals surface area contributed by atoms with Gasteiger partial charge in [-0.05, 0) is 37.3 Å². The number of benzene rings is 1. The van der Waals surface area contributed by atoms with E-state index in [1.165, 1.54) is 6.07 Å². The summed E-state index contributed by atoms with van der Waals surface area (Å²) >= 11 is 0. The third-order valence-electron chi connectivity index (χ3n) is 4.26. The van der Waals surface area contributed by atoms with E-state index in [4.69, 9.17) is 4.74 Å². The van der Waals surface area contributed by atoms with E-state index >= 15 is 0 Å². The lowest BCUT2D eigenvalue weighted by molar-refractivity contribution is 0.0270. The number of carbonyl (C=O) groups is 1. The number of amides is 1.